The second-order valence-electron chi connectivity index (χ2n) is 5.38. The van der Waals surface area contributed by atoms with E-state index in [2.05, 4.69) is 48.5 Å². The fourth-order valence-corrected chi connectivity index (χ4v) is 2.58. The summed E-state index contributed by atoms with van der Waals surface area (Å²) in [5, 5.41) is 7.92. The van der Waals surface area contributed by atoms with Gasteiger partial charge in [0, 0.05) is 25.2 Å². The second kappa shape index (κ2) is 6.76. The highest BCUT2D eigenvalue weighted by molar-refractivity contribution is 5.38. The molecule has 1 aromatic heterocycles. The quantitative estimate of drug-likeness (QED) is 0.888. The zero-order valence-corrected chi connectivity index (χ0v) is 13.6. The summed E-state index contributed by atoms with van der Waals surface area (Å²) in [5.74, 6) is 0.937. The zero-order valence-electron chi connectivity index (χ0n) is 13.6. The van der Waals surface area contributed by atoms with Gasteiger partial charge in [0.1, 0.15) is 5.75 Å². The van der Waals surface area contributed by atoms with Crippen LogP contribution in [0.1, 0.15) is 35.5 Å². The molecule has 0 aliphatic heterocycles. The number of hydrogen-bond acceptors (Lipinski definition) is 3. The average Bonchev–Trinajstić information content (AvgIpc) is 2.85. The van der Waals surface area contributed by atoms with Gasteiger partial charge in [0.05, 0.1) is 12.8 Å². The number of aryl methyl sites for hydroxylation is 3. The lowest BCUT2D eigenvalue weighted by Crippen LogP contribution is -2.20. The topological polar surface area (TPSA) is 39.1 Å². The van der Waals surface area contributed by atoms with E-state index in [1.165, 1.54) is 11.3 Å². The van der Waals surface area contributed by atoms with E-state index in [-0.39, 0.29) is 6.04 Å². The highest BCUT2D eigenvalue weighted by atomic mass is 16.5. The molecule has 0 amide bonds. The number of likely N-dealkylation sites (N-methyl/N-ethyl adjacent to an activating group) is 1. The Hall–Kier alpha value is -1.81. The average molecular weight is 287 g/mol. The Kier molecular flexibility index (Phi) is 5.02. The van der Waals surface area contributed by atoms with E-state index < -0.39 is 0 Å². The Bertz CT molecular complexity index is 604. The first-order valence-electron chi connectivity index (χ1n) is 7.42. The van der Waals surface area contributed by atoms with Crippen molar-refractivity contribution in [3.8, 4) is 5.75 Å². The lowest BCUT2D eigenvalue weighted by molar-refractivity contribution is 0.410. The van der Waals surface area contributed by atoms with Crippen LogP contribution in [-0.2, 0) is 19.9 Å². The summed E-state index contributed by atoms with van der Waals surface area (Å²) in [7, 11) is 5.72. The number of methoxy groups -OCH3 is 1. The van der Waals surface area contributed by atoms with Crippen molar-refractivity contribution in [2.45, 2.75) is 32.7 Å². The van der Waals surface area contributed by atoms with Crippen LogP contribution in [0.15, 0.2) is 24.3 Å². The number of hydrogen-bond donors (Lipinski definition) is 1. The minimum atomic E-state index is 0.250. The van der Waals surface area contributed by atoms with E-state index in [0.717, 1.165) is 29.8 Å². The molecule has 1 unspecified atom stereocenters. The van der Waals surface area contributed by atoms with Crippen molar-refractivity contribution in [3.05, 3.63) is 46.8 Å². The van der Waals surface area contributed by atoms with Gasteiger partial charge in [-0.2, -0.15) is 5.10 Å². The normalized spacial score (nSPS) is 12.4. The van der Waals surface area contributed by atoms with Crippen LogP contribution < -0.4 is 10.1 Å². The fourth-order valence-electron chi connectivity index (χ4n) is 2.58. The molecule has 1 heterocycles. The number of rotatable bonds is 6. The molecular weight excluding hydrogens is 262 g/mol. The molecule has 1 N–H and O–H groups in total. The van der Waals surface area contributed by atoms with Crippen LogP contribution in [-0.4, -0.2) is 23.9 Å². The van der Waals surface area contributed by atoms with Crippen molar-refractivity contribution < 1.29 is 4.74 Å². The van der Waals surface area contributed by atoms with E-state index in [0.29, 0.717) is 0 Å². The molecule has 4 heteroatoms. The summed E-state index contributed by atoms with van der Waals surface area (Å²) in [6, 6.07) is 8.83. The van der Waals surface area contributed by atoms with Crippen LogP contribution in [0.5, 0.6) is 5.75 Å². The summed E-state index contributed by atoms with van der Waals surface area (Å²) >= 11 is 0. The molecule has 1 atom stereocenters. The fraction of sp³-hybridized carbons (Fsp3) is 0.471. The first-order chi connectivity index (χ1) is 10.1. The van der Waals surface area contributed by atoms with Crippen molar-refractivity contribution in [1.82, 2.24) is 15.1 Å². The van der Waals surface area contributed by atoms with Crippen LogP contribution in [0.3, 0.4) is 0 Å². The molecule has 2 rings (SSSR count). The number of aromatic nitrogens is 2. The summed E-state index contributed by atoms with van der Waals surface area (Å²) in [4.78, 5) is 0. The molecule has 2 aromatic rings. The predicted molar refractivity (Wildman–Crippen MR) is 85.8 cm³/mol. The maximum atomic E-state index is 5.43. The number of nitrogens with zero attached hydrogens (tertiary/aromatic N) is 2. The van der Waals surface area contributed by atoms with E-state index in [1.807, 2.05) is 18.8 Å². The van der Waals surface area contributed by atoms with Gasteiger partial charge < -0.3 is 10.1 Å². The van der Waals surface area contributed by atoms with Crippen LogP contribution in [0.4, 0.5) is 0 Å². The Balaban J connectivity index is 2.25. The molecule has 0 saturated heterocycles. The van der Waals surface area contributed by atoms with E-state index in [1.54, 1.807) is 7.11 Å². The first kappa shape index (κ1) is 15.6. The van der Waals surface area contributed by atoms with Gasteiger partial charge in [-0.05, 0) is 43.7 Å². The Labute approximate surface area is 127 Å². The lowest BCUT2D eigenvalue weighted by atomic mass is 10.00. The highest BCUT2D eigenvalue weighted by Gasteiger charge is 2.15. The molecule has 114 valence electrons. The van der Waals surface area contributed by atoms with Crippen molar-refractivity contribution >= 4 is 0 Å². The molecule has 0 bridgehead atoms. The molecule has 0 aliphatic rings. The SMILES string of the molecule is CCc1cc(CC(NC)c2ccc(C)c(OC)c2)n(C)n1. The molecule has 0 aliphatic carbocycles. The Morgan fingerprint density at radius 3 is 2.67 bits per heavy atom. The van der Waals surface area contributed by atoms with Crippen LogP contribution >= 0.6 is 0 Å². The van der Waals surface area contributed by atoms with Gasteiger partial charge >= 0.3 is 0 Å². The smallest absolute Gasteiger partial charge is 0.122 e. The number of nitrogens with one attached hydrogen (secondary N) is 1. The highest BCUT2D eigenvalue weighted by Crippen LogP contribution is 2.25. The van der Waals surface area contributed by atoms with Gasteiger partial charge in [0.2, 0.25) is 0 Å². The van der Waals surface area contributed by atoms with E-state index in [9.17, 15) is 0 Å². The van der Waals surface area contributed by atoms with Gasteiger partial charge in [0.25, 0.3) is 0 Å². The molecule has 21 heavy (non-hydrogen) atoms. The van der Waals surface area contributed by atoms with Crippen molar-refractivity contribution in [3.63, 3.8) is 0 Å². The standard InChI is InChI=1S/C17H25N3O/c1-6-14-10-15(20(4)19-14)11-16(18-3)13-8-7-12(2)17(9-13)21-5/h7-10,16,18H,6,11H2,1-5H3. The minimum Gasteiger partial charge on any atom is -0.496 e. The largest absolute Gasteiger partial charge is 0.496 e. The number of ether oxygens (including phenoxy) is 1. The molecule has 4 nitrogen and oxygen atoms in total. The zero-order chi connectivity index (χ0) is 15.4. The lowest BCUT2D eigenvalue weighted by Gasteiger charge is -2.18. The molecule has 0 radical (unpaired) electrons. The van der Waals surface area contributed by atoms with Gasteiger partial charge in [-0.15, -0.1) is 0 Å². The van der Waals surface area contributed by atoms with Crippen LogP contribution in [0.25, 0.3) is 0 Å². The summed E-state index contributed by atoms with van der Waals surface area (Å²) in [5.41, 5.74) is 4.78. The molecular formula is C17H25N3O. The van der Waals surface area contributed by atoms with Gasteiger partial charge in [-0.1, -0.05) is 19.1 Å². The Morgan fingerprint density at radius 1 is 1.33 bits per heavy atom. The molecule has 0 fully saturated rings. The van der Waals surface area contributed by atoms with Crippen LogP contribution in [0.2, 0.25) is 0 Å². The third kappa shape index (κ3) is 3.45. The number of benzene rings is 1. The van der Waals surface area contributed by atoms with E-state index >= 15 is 0 Å². The second-order valence-corrected chi connectivity index (χ2v) is 5.38. The minimum absolute atomic E-state index is 0.250. The van der Waals surface area contributed by atoms with Gasteiger partial charge in [-0.3, -0.25) is 4.68 Å². The van der Waals surface area contributed by atoms with E-state index in [4.69, 9.17) is 4.74 Å². The summed E-state index contributed by atoms with van der Waals surface area (Å²) < 4.78 is 7.41. The molecule has 1 aromatic carbocycles. The van der Waals surface area contributed by atoms with Crippen molar-refractivity contribution in [2.24, 2.45) is 7.05 Å². The maximum absolute atomic E-state index is 5.43. The van der Waals surface area contributed by atoms with Crippen molar-refractivity contribution in [2.75, 3.05) is 14.2 Å². The Morgan fingerprint density at radius 2 is 2.10 bits per heavy atom. The summed E-state index contributed by atoms with van der Waals surface area (Å²) in [6.07, 6.45) is 1.88. The monoisotopic (exact) mass is 287 g/mol. The summed E-state index contributed by atoms with van der Waals surface area (Å²) in [6.45, 7) is 4.19. The third-order valence-corrected chi connectivity index (χ3v) is 3.99. The van der Waals surface area contributed by atoms with Crippen LogP contribution in [0, 0.1) is 6.92 Å². The predicted octanol–water partition coefficient (Wildman–Crippen LogP) is 2.80. The van der Waals surface area contributed by atoms with Gasteiger partial charge in [-0.25, -0.2) is 0 Å². The molecule has 0 spiro atoms. The third-order valence-electron chi connectivity index (χ3n) is 3.99. The first-order valence-corrected chi connectivity index (χ1v) is 7.42. The maximum Gasteiger partial charge on any atom is 0.122 e. The molecule has 0 saturated carbocycles. The van der Waals surface area contributed by atoms with Gasteiger partial charge in [0.15, 0.2) is 0 Å². The van der Waals surface area contributed by atoms with Crippen molar-refractivity contribution in [1.29, 1.82) is 0 Å².